The number of likely N-dealkylation sites (N-methyl/N-ethyl adjacent to an activating group) is 1. The molecule has 0 saturated heterocycles. The molecule has 0 saturated carbocycles. The number of anilines is 1. The Labute approximate surface area is 166 Å². The third-order valence-corrected chi connectivity index (χ3v) is 4.97. The molecule has 3 rings (SSSR count). The molecule has 0 unspecified atom stereocenters. The highest BCUT2D eigenvalue weighted by Gasteiger charge is 2.17. The van der Waals surface area contributed by atoms with E-state index < -0.39 is 6.10 Å². The minimum absolute atomic E-state index is 0.0898. The maximum absolute atomic E-state index is 12.4. The number of carbonyl (C=O) groups is 1. The van der Waals surface area contributed by atoms with Crippen LogP contribution in [-0.2, 0) is 0 Å². The van der Waals surface area contributed by atoms with Crippen LogP contribution in [0.15, 0.2) is 84.9 Å². The zero-order chi connectivity index (χ0) is 19.9. The van der Waals surface area contributed by atoms with Crippen LogP contribution in [0.4, 0.5) is 5.69 Å². The van der Waals surface area contributed by atoms with Gasteiger partial charge in [0, 0.05) is 23.8 Å². The molecule has 1 amide bonds. The predicted molar refractivity (Wildman–Crippen MR) is 113 cm³/mol. The number of hydrogen-bond donors (Lipinski definition) is 2. The highest BCUT2D eigenvalue weighted by atomic mass is 16.3. The normalized spacial score (nSPS) is 13.1. The van der Waals surface area contributed by atoms with Crippen LogP contribution in [-0.4, -0.2) is 29.5 Å². The van der Waals surface area contributed by atoms with E-state index in [4.69, 9.17) is 0 Å². The summed E-state index contributed by atoms with van der Waals surface area (Å²) in [4.78, 5) is 14.5. The zero-order valence-corrected chi connectivity index (χ0v) is 16.2. The number of benzene rings is 3. The minimum atomic E-state index is -0.547. The lowest BCUT2D eigenvalue weighted by atomic mass is 10.0. The van der Waals surface area contributed by atoms with Crippen molar-refractivity contribution in [1.29, 1.82) is 0 Å². The Morgan fingerprint density at radius 3 is 2.21 bits per heavy atom. The van der Waals surface area contributed by atoms with E-state index in [1.165, 1.54) is 0 Å². The van der Waals surface area contributed by atoms with Gasteiger partial charge in [0.1, 0.15) is 0 Å². The third kappa shape index (κ3) is 5.06. The summed E-state index contributed by atoms with van der Waals surface area (Å²) in [6, 6.07) is 26.8. The first-order valence-electron chi connectivity index (χ1n) is 9.44. The average molecular weight is 374 g/mol. The van der Waals surface area contributed by atoms with E-state index in [0.717, 1.165) is 16.8 Å². The first kappa shape index (κ1) is 19.8. The minimum Gasteiger partial charge on any atom is -0.387 e. The van der Waals surface area contributed by atoms with Crippen molar-refractivity contribution in [3.63, 3.8) is 0 Å². The van der Waals surface area contributed by atoms with E-state index in [-0.39, 0.29) is 11.9 Å². The van der Waals surface area contributed by atoms with Crippen molar-refractivity contribution in [2.45, 2.75) is 19.1 Å². The van der Waals surface area contributed by atoms with Gasteiger partial charge >= 0.3 is 0 Å². The van der Waals surface area contributed by atoms with Crippen LogP contribution < -0.4 is 5.32 Å². The fraction of sp³-hybridized carbons (Fsp3) is 0.208. The van der Waals surface area contributed by atoms with Crippen molar-refractivity contribution in [3.8, 4) is 0 Å². The van der Waals surface area contributed by atoms with Crippen molar-refractivity contribution in [3.05, 3.63) is 102 Å². The van der Waals surface area contributed by atoms with Crippen LogP contribution in [0.25, 0.3) is 0 Å². The fourth-order valence-corrected chi connectivity index (χ4v) is 3.14. The second-order valence-electron chi connectivity index (χ2n) is 6.99. The lowest BCUT2D eigenvalue weighted by Gasteiger charge is -2.27. The molecule has 0 fully saturated rings. The van der Waals surface area contributed by atoms with Gasteiger partial charge in [-0.1, -0.05) is 60.7 Å². The molecule has 4 nitrogen and oxygen atoms in total. The molecule has 2 N–H and O–H groups in total. The molecule has 3 aromatic carbocycles. The first-order valence-corrected chi connectivity index (χ1v) is 9.44. The van der Waals surface area contributed by atoms with Gasteiger partial charge in [0.2, 0.25) is 0 Å². The smallest absolute Gasteiger partial charge is 0.255 e. The van der Waals surface area contributed by atoms with Crippen molar-refractivity contribution in [2.24, 2.45) is 0 Å². The summed E-state index contributed by atoms with van der Waals surface area (Å²) in [5, 5.41) is 13.4. The molecule has 28 heavy (non-hydrogen) atoms. The van der Waals surface area contributed by atoms with E-state index in [2.05, 4.69) is 17.1 Å². The molecule has 4 heteroatoms. The second-order valence-corrected chi connectivity index (χ2v) is 6.99. The van der Waals surface area contributed by atoms with Gasteiger partial charge in [0.05, 0.1) is 6.10 Å². The van der Waals surface area contributed by atoms with Gasteiger partial charge in [-0.15, -0.1) is 0 Å². The Morgan fingerprint density at radius 1 is 0.929 bits per heavy atom. The van der Waals surface area contributed by atoms with Crippen LogP contribution in [0.2, 0.25) is 0 Å². The Morgan fingerprint density at radius 2 is 1.54 bits per heavy atom. The number of rotatable bonds is 7. The van der Waals surface area contributed by atoms with Gasteiger partial charge in [0.25, 0.3) is 5.91 Å². The summed E-state index contributed by atoms with van der Waals surface area (Å²) in [6.07, 6.45) is -0.547. The van der Waals surface area contributed by atoms with E-state index in [1.54, 1.807) is 12.1 Å². The number of hydrogen-bond acceptors (Lipinski definition) is 3. The van der Waals surface area contributed by atoms with Crippen molar-refractivity contribution < 1.29 is 9.90 Å². The summed E-state index contributed by atoms with van der Waals surface area (Å²) in [5.41, 5.74) is 3.37. The highest BCUT2D eigenvalue weighted by molar-refractivity contribution is 6.04. The summed E-state index contributed by atoms with van der Waals surface area (Å²) in [7, 11) is 1.99. The van der Waals surface area contributed by atoms with Crippen LogP contribution in [0.5, 0.6) is 0 Å². The quantitative estimate of drug-likeness (QED) is 0.632. The summed E-state index contributed by atoms with van der Waals surface area (Å²) in [6.45, 7) is 2.61. The Hall–Kier alpha value is -2.95. The maximum Gasteiger partial charge on any atom is 0.255 e. The number of nitrogens with one attached hydrogen (secondary N) is 1. The van der Waals surface area contributed by atoms with E-state index >= 15 is 0 Å². The Bertz CT molecular complexity index is 897. The molecule has 0 bridgehead atoms. The summed E-state index contributed by atoms with van der Waals surface area (Å²) >= 11 is 0. The first-order chi connectivity index (χ1) is 13.5. The van der Waals surface area contributed by atoms with Crippen LogP contribution in [0.1, 0.15) is 40.6 Å². The monoisotopic (exact) mass is 374 g/mol. The SMILES string of the molecule is C[C@@H](c1cccc(NC(=O)c2ccccc2)c1)N(C)C[C@@H](O)c1ccccc1. The Balaban J connectivity index is 1.66. The van der Waals surface area contributed by atoms with Crippen LogP contribution in [0.3, 0.4) is 0 Å². The van der Waals surface area contributed by atoms with E-state index in [9.17, 15) is 9.90 Å². The molecular formula is C24H26N2O2. The van der Waals surface area contributed by atoms with Crippen LogP contribution in [0, 0.1) is 0 Å². The molecule has 0 radical (unpaired) electrons. The molecular weight excluding hydrogens is 348 g/mol. The molecule has 144 valence electrons. The standard InChI is InChI=1S/C24H26N2O2/c1-18(26(2)17-23(27)19-10-5-3-6-11-19)21-14-9-15-22(16-21)25-24(28)20-12-7-4-8-13-20/h3-16,18,23,27H,17H2,1-2H3,(H,25,28)/t18-,23+/m0/s1. The van der Waals surface area contributed by atoms with Gasteiger partial charge in [0.15, 0.2) is 0 Å². The molecule has 3 aromatic rings. The van der Waals surface area contributed by atoms with E-state index in [0.29, 0.717) is 12.1 Å². The Kier molecular flexibility index (Phi) is 6.58. The fourth-order valence-electron chi connectivity index (χ4n) is 3.14. The molecule has 0 spiro atoms. The molecule has 2 atom stereocenters. The molecule has 0 heterocycles. The molecule has 0 aliphatic carbocycles. The van der Waals surface area contributed by atoms with Crippen molar-refractivity contribution in [1.82, 2.24) is 4.90 Å². The number of nitrogens with zero attached hydrogens (tertiary/aromatic N) is 1. The van der Waals surface area contributed by atoms with Gasteiger partial charge in [-0.05, 0) is 49.4 Å². The topological polar surface area (TPSA) is 52.6 Å². The summed E-state index contributed by atoms with van der Waals surface area (Å²) < 4.78 is 0. The predicted octanol–water partition coefficient (Wildman–Crippen LogP) is 4.67. The zero-order valence-electron chi connectivity index (χ0n) is 16.2. The van der Waals surface area contributed by atoms with Gasteiger partial charge in [-0.25, -0.2) is 0 Å². The van der Waals surface area contributed by atoms with Crippen LogP contribution >= 0.6 is 0 Å². The number of amides is 1. The number of carbonyl (C=O) groups excluding carboxylic acids is 1. The van der Waals surface area contributed by atoms with Gasteiger partial charge in [-0.2, -0.15) is 0 Å². The largest absolute Gasteiger partial charge is 0.387 e. The van der Waals surface area contributed by atoms with Crippen molar-refractivity contribution in [2.75, 3.05) is 18.9 Å². The molecule has 0 aromatic heterocycles. The third-order valence-electron chi connectivity index (χ3n) is 4.97. The summed E-state index contributed by atoms with van der Waals surface area (Å²) in [5.74, 6) is -0.127. The van der Waals surface area contributed by atoms with Gasteiger partial charge < -0.3 is 10.4 Å². The average Bonchev–Trinajstić information content (AvgIpc) is 2.74. The number of aliphatic hydroxyl groups excluding tert-OH is 1. The van der Waals surface area contributed by atoms with Crippen molar-refractivity contribution >= 4 is 11.6 Å². The van der Waals surface area contributed by atoms with Gasteiger partial charge in [-0.3, -0.25) is 9.69 Å². The molecule has 0 aliphatic heterocycles. The second kappa shape index (κ2) is 9.31. The lowest BCUT2D eigenvalue weighted by Crippen LogP contribution is -2.27. The molecule has 0 aliphatic rings. The maximum atomic E-state index is 12.4. The highest BCUT2D eigenvalue weighted by Crippen LogP contribution is 2.24. The van der Waals surface area contributed by atoms with E-state index in [1.807, 2.05) is 79.8 Å². The lowest BCUT2D eigenvalue weighted by molar-refractivity contribution is 0.102. The number of aliphatic hydroxyl groups is 1.